The van der Waals surface area contributed by atoms with Crippen molar-refractivity contribution >= 4 is 54.9 Å². The summed E-state index contributed by atoms with van der Waals surface area (Å²) in [5.41, 5.74) is 1.18. The van der Waals surface area contributed by atoms with Crippen LogP contribution in [0.1, 0.15) is 18.8 Å². The van der Waals surface area contributed by atoms with E-state index in [2.05, 4.69) is 0 Å². The third-order valence-corrected chi connectivity index (χ3v) is 1.38. The maximum Gasteiger partial charge on any atom is 2.00 e. The standard InChI is InChI=1S/C8H8O2.Ba.2H/c1-6-4-2-3-5-7(6)8(9)10;;;/h2-5H,1H3,(H,9,10);;;/q;+2;2*-1. The van der Waals surface area contributed by atoms with Crippen LogP contribution in [-0.4, -0.2) is 60.0 Å². The molecule has 0 saturated carbocycles. The van der Waals surface area contributed by atoms with Crippen LogP contribution in [0.5, 0.6) is 0 Å². The van der Waals surface area contributed by atoms with Gasteiger partial charge in [0.05, 0.1) is 5.56 Å². The van der Waals surface area contributed by atoms with E-state index in [-0.39, 0.29) is 51.7 Å². The van der Waals surface area contributed by atoms with Crippen LogP contribution >= 0.6 is 0 Å². The molecule has 1 rings (SSSR count). The van der Waals surface area contributed by atoms with E-state index in [0.717, 1.165) is 5.56 Å². The Bertz CT molecular complexity index is 266. The van der Waals surface area contributed by atoms with E-state index < -0.39 is 5.97 Å². The summed E-state index contributed by atoms with van der Waals surface area (Å²) in [7, 11) is 0. The minimum Gasteiger partial charge on any atom is -1.00 e. The van der Waals surface area contributed by atoms with Crippen LogP contribution < -0.4 is 0 Å². The molecule has 0 atom stereocenters. The largest absolute Gasteiger partial charge is 2.00 e. The van der Waals surface area contributed by atoms with Crippen molar-refractivity contribution in [1.29, 1.82) is 0 Å². The third kappa shape index (κ3) is 3.01. The fourth-order valence-corrected chi connectivity index (χ4v) is 0.813. The van der Waals surface area contributed by atoms with E-state index in [1.54, 1.807) is 25.1 Å². The molecule has 3 heteroatoms. The number of carbonyl (C=O) groups is 1. The van der Waals surface area contributed by atoms with Gasteiger partial charge < -0.3 is 7.96 Å². The smallest absolute Gasteiger partial charge is 1.00 e. The van der Waals surface area contributed by atoms with Crippen molar-refractivity contribution in [3.05, 3.63) is 35.4 Å². The van der Waals surface area contributed by atoms with Gasteiger partial charge in [-0.1, -0.05) is 18.2 Å². The second kappa shape index (κ2) is 5.00. The summed E-state index contributed by atoms with van der Waals surface area (Å²) < 4.78 is 0. The van der Waals surface area contributed by atoms with Crippen LogP contribution in [0.3, 0.4) is 0 Å². The summed E-state index contributed by atoms with van der Waals surface area (Å²) in [5, 5.41) is 8.57. The first-order valence-electron chi connectivity index (χ1n) is 3.01. The van der Waals surface area contributed by atoms with E-state index >= 15 is 0 Å². The molecule has 0 amide bonds. The summed E-state index contributed by atoms with van der Waals surface area (Å²) in [6.07, 6.45) is 0. The van der Waals surface area contributed by atoms with Gasteiger partial charge in [0.2, 0.25) is 0 Å². The molecule has 0 bridgehead atoms. The summed E-state index contributed by atoms with van der Waals surface area (Å²) in [5.74, 6) is -0.863. The molecular weight excluding hydrogens is 265 g/mol. The Morgan fingerprint density at radius 2 is 2.00 bits per heavy atom. The molecule has 0 fully saturated rings. The number of aryl methyl sites for hydroxylation is 1. The molecule has 1 aromatic carbocycles. The first-order valence-corrected chi connectivity index (χ1v) is 3.01. The summed E-state index contributed by atoms with van der Waals surface area (Å²) >= 11 is 0. The summed E-state index contributed by atoms with van der Waals surface area (Å²) in [6.45, 7) is 1.78. The number of carboxylic acid groups (broad SMARTS) is 1. The minimum atomic E-state index is -0.863. The van der Waals surface area contributed by atoms with Gasteiger partial charge >= 0.3 is 54.9 Å². The second-order valence-electron chi connectivity index (χ2n) is 2.12. The predicted molar refractivity (Wildman–Crippen MR) is 46.1 cm³/mol. The van der Waals surface area contributed by atoms with Crippen LogP contribution in [0, 0.1) is 6.92 Å². The molecule has 0 aliphatic carbocycles. The Morgan fingerprint density at radius 1 is 1.45 bits per heavy atom. The number of hydrogen-bond acceptors (Lipinski definition) is 1. The van der Waals surface area contributed by atoms with Crippen LogP contribution in [0.15, 0.2) is 24.3 Å². The Labute approximate surface area is 109 Å². The van der Waals surface area contributed by atoms with Gasteiger partial charge in [-0.2, -0.15) is 0 Å². The molecule has 0 unspecified atom stereocenters. The van der Waals surface area contributed by atoms with E-state index in [1.807, 2.05) is 6.07 Å². The molecule has 0 aliphatic heterocycles. The van der Waals surface area contributed by atoms with Gasteiger partial charge in [-0.3, -0.25) is 0 Å². The van der Waals surface area contributed by atoms with Crippen molar-refractivity contribution in [2.45, 2.75) is 6.92 Å². The molecule has 1 aromatic rings. The molecule has 0 aromatic heterocycles. The van der Waals surface area contributed by atoms with Crippen molar-refractivity contribution in [2.75, 3.05) is 0 Å². The van der Waals surface area contributed by atoms with E-state index in [0.29, 0.717) is 5.56 Å². The fourth-order valence-electron chi connectivity index (χ4n) is 0.813. The molecule has 56 valence electrons. The van der Waals surface area contributed by atoms with Crippen molar-refractivity contribution < 1.29 is 12.8 Å². The first kappa shape index (κ1) is 11.3. The number of hydrogen-bond donors (Lipinski definition) is 1. The van der Waals surface area contributed by atoms with E-state index in [9.17, 15) is 4.79 Å². The number of rotatable bonds is 1. The Balaban J connectivity index is -0.000000333. The van der Waals surface area contributed by atoms with Crippen molar-refractivity contribution in [3.63, 3.8) is 0 Å². The fraction of sp³-hybridized carbons (Fsp3) is 0.125. The van der Waals surface area contributed by atoms with Crippen molar-refractivity contribution in [2.24, 2.45) is 0 Å². The van der Waals surface area contributed by atoms with Gasteiger partial charge in [0.1, 0.15) is 0 Å². The van der Waals surface area contributed by atoms with Crippen molar-refractivity contribution in [1.82, 2.24) is 0 Å². The van der Waals surface area contributed by atoms with Crippen LogP contribution in [0.2, 0.25) is 0 Å². The average molecular weight is 275 g/mol. The molecule has 0 spiro atoms. The molecule has 0 heterocycles. The first-order chi connectivity index (χ1) is 4.72. The monoisotopic (exact) mass is 276 g/mol. The van der Waals surface area contributed by atoms with E-state index in [1.165, 1.54) is 0 Å². The maximum absolute atomic E-state index is 10.4. The zero-order valence-electron chi connectivity index (χ0n) is 8.37. The SMILES string of the molecule is Cc1ccccc1C(=O)O.[Ba+2].[H-].[H-]. The topological polar surface area (TPSA) is 37.3 Å². The van der Waals surface area contributed by atoms with Crippen LogP contribution in [0.4, 0.5) is 0 Å². The summed E-state index contributed by atoms with van der Waals surface area (Å²) in [4.78, 5) is 10.4. The molecule has 11 heavy (non-hydrogen) atoms. The van der Waals surface area contributed by atoms with Gasteiger partial charge in [-0.15, -0.1) is 0 Å². The third-order valence-electron chi connectivity index (χ3n) is 1.38. The minimum absolute atomic E-state index is 0. The van der Waals surface area contributed by atoms with Crippen LogP contribution in [0.25, 0.3) is 0 Å². The van der Waals surface area contributed by atoms with Gasteiger partial charge in [-0.05, 0) is 18.6 Å². The molecule has 1 N–H and O–H groups in total. The average Bonchev–Trinajstić information content (AvgIpc) is 1.88. The van der Waals surface area contributed by atoms with Crippen molar-refractivity contribution in [3.8, 4) is 0 Å². The number of carboxylic acids is 1. The maximum atomic E-state index is 10.4. The zero-order chi connectivity index (χ0) is 7.56. The normalized spacial score (nSPS) is 8.45. The Kier molecular flexibility index (Phi) is 5.12. The van der Waals surface area contributed by atoms with Gasteiger partial charge in [0.15, 0.2) is 0 Å². The molecular formula is C8H10BaO2. The molecule has 0 aliphatic rings. The number of benzene rings is 1. The van der Waals surface area contributed by atoms with E-state index in [4.69, 9.17) is 5.11 Å². The Hall–Kier alpha value is 0.261. The molecule has 0 saturated heterocycles. The molecule has 2 nitrogen and oxygen atoms in total. The zero-order valence-corrected chi connectivity index (χ0v) is 10.8. The van der Waals surface area contributed by atoms with Crippen LogP contribution in [-0.2, 0) is 0 Å². The van der Waals surface area contributed by atoms with Gasteiger partial charge in [-0.25, -0.2) is 4.79 Å². The van der Waals surface area contributed by atoms with Gasteiger partial charge in [0.25, 0.3) is 0 Å². The number of aromatic carboxylic acids is 1. The second-order valence-corrected chi connectivity index (χ2v) is 2.12. The summed E-state index contributed by atoms with van der Waals surface area (Å²) in [6, 6.07) is 6.92. The Morgan fingerprint density at radius 3 is 2.36 bits per heavy atom. The molecule has 0 radical (unpaired) electrons. The van der Waals surface area contributed by atoms with Gasteiger partial charge in [0, 0.05) is 0 Å². The quantitative estimate of drug-likeness (QED) is 0.790. The predicted octanol–water partition coefficient (Wildman–Crippen LogP) is 1.54.